The lowest BCUT2D eigenvalue weighted by Crippen LogP contribution is -2.27. The lowest BCUT2D eigenvalue weighted by Gasteiger charge is -2.32. The van der Waals surface area contributed by atoms with Gasteiger partial charge in [-0.05, 0) is 96.8 Å². The standard InChI is InChI=1S/C43H32N2O/c1-29-12-4-2-5-13-32-26-30(20-23-39(32)44(29)34-22-25-43-38(28-34)36-17-9-11-19-42(36)46-43)31-21-24-41-37(27-31)35-16-8-10-18-40(35)45(41)33-14-6-3-7-15-33/h2-12,14-29H,13H2,1H3/b5-2-,12-4-. The van der Waals surface area contributed by atoms with Gasteiger partial charge in [0.05, 0.1) is 11.0 Å². The number of furan rings is 1. The second-order valence-corrected chi connectivity index (χ2v) is 12.2. The van der Waals surface area contributed by atoms with Crippen molar-refractivity contribution < 1.29 is 4.42 Å². The topological polar surface area (TPSA) is 21.3 Å². The molecule has 6 aromatic carbocycles. The summed E-state index contributed by atoms with van der Waals surface area (Å²) < 4.78 is 8.53. The lowest BCUT2D eigenvalue weighted by atomic mass is 9.97. The summed E-state index contributed by atoms with van der Waals surface area (Å²) in [6.45, 7) is 2.27. The fraction of sp³-hybridized carbons (Fsp3) is 0.0698. The molecule has 0 bridgehead atoms. The van der Waals surface area contributed by atoms with Crippen molar-refractivity contribution in [1.82, 2.24) is 4.57 Å². The molecule has 1 atom stereocenters. The molecule has 3 heterocycles. The number of benzene rings is 6. The van der Waals surface area contributed by atoms with Gasteiger partial charge in [0.1, 0.15) is 11.2 Å². The minimum absolute atomic E-state index is 0.156. The smallest absolute Gasteiger partial charge is 0.135 e. The minimum Gasteiger partial charge on any atom is -0.456 e. The van der Waals surface area contributed by atoms with E-state index in [1.54, 1.807) is 0 Å². The number of para-hydroxylation sites is 3. The Morgan fingerprint density at radius 2 is 1.30 bits per heavy atom. The first-order valence-corrected chi connectivity index (χ1v) is 16.0. The first-order valence-electron chi connectivity index (χ1n) is 16.0. The Hall–Kier alpha value is -5.80. The zero-order valence-electron chi connectivity index (χ0n) is 25.6. The molecule has 0 fully saturated rings. The van der Waals surface area contributed by atoms with Crippen LogP contribution in [0.25, 0.3) is 60.6 Å². The number of fused-ring (bicyclic) bond motifs is 7. The van der Waals surface area contributed by atoms with E-state index in [-0.39, 0.29) is 6.04 Å². The normalized spacial score (nSPS) is 16.4. The Morgan fingerprint density at radius 1 is 0.565 bits per heavy atom. The van der Waals surface area contributed by atoms with Gasteiger partial charge in [-0.15, -0.1) is 0 Å². The quantitative estimate of drug-likeness (QED) is 0.203. The van der Waals surface area contributed by atoms with Crippen LogP contribution in [-0.2, 0) is 6.42 Å². The lowest BCUT2D eigenvalue weighted by molar-refractivity contribution is 0.669. The third-order valence-corrected chi connectivity index (χ3v) is 9.38. The van der Waals surface area contributed by atoms with Crippen molar-refractivity contribution in [3.05, 3.63) is 163 Å². The average molecular weight is 593 g/mol. The number of anilines is 2. The molecule has 1 unspecified atom stereocenters. The van der Waals surface area contributed by atoms with Crippen LogP contribution in [0.3, 0.4) is 0 Å². The van der Waals surface area contributed by atoms with Gasteiger partial charge in [-0.25, -0.2) is 0 Å². The highest BCUT2D eigenvalue weighted by Gasteiger charge is 2.21. The van der Waals surface area contributed by atoms with Gasteiger partial charge in [0, 0.05) is 44.6 Å². The van der Waals surface area contributed by atoms with Crippen LogP contribution < -0.4 is 4.90 Å². The molecule has 3 nitrogen and oxygen atoms in total. The molecule has 220 valence electrons. The molecular formula is C43H32N2O. The van der Waals surface area contributed by atoms with Gasteiger partial charge in [-0.2, -0.15) is 0 Å². The van der Waals surface area contributed by atoms with Crippen LogP contribution in [0.1, 0.15) is 12.5 Å². The molecule has 0 N–H and O–H groups in total. The van der Waals surface area contributed by atoms with Gasteiger partial charge in [-0.3, -0.25) is 0 Å². The summed E-state index contributed by atoms with van der Waals surface area (Å²) >= 11 is 0. The van der Waals surface area contributed by atoms with E-state index in [0.717, 1.165) is 34.0 Å². The van der Waals surface area contributed by atoms with Crippen LogP contribution in [0.5, 0.6) is 0 Å². The van der Waals surface area contributed by atoms with E-state index in [1.165, 1.54) is 49.9 Å². The molecule has 0 aliphatic carbocycles. The van der Waals surface area contributed by atoms with Crippen LogP contribution in [0.4, 0.5) is 11.4 Å². The summed E-state index contributed by atoms with van der Waals surface area (Å²) in [5.74, 6) is 0. The van der Waals surface area contributed by atoms with Crippen LogP contribution in [0.15, 0.2) is 162 Å². The molecule has 0 saturated heterocycles. The Labute approximate surface area is 267 Å². The van der Waals surface area contributed by atoms with Gasteiger partial charge in [0.25, 0.3) is 0 Å². The average Bonchev–Trinajstić information content (AvgIpc) is 3.66. The predicted molar refractivity (Wildman–Crippen MR) is 194 cm³/mol. The number of nitrogens with zero attached hydrogens (tertiary/aromatic N) is 2. The highest BCUT2D eigenvalue weighted by Crippen LogP contribution is 2.40. The molecule has 2 aromatic heterocycles. The Balaban J connectivity index is 1.18. The van der Waals surface area contributed by atoms with Crippen molar-refractivity contribution in [2.75, 3.05) is 4.90 Å². The summed E-state index contributed by atoms with van der Waals surface area (Å²) in [6.07, 6.45) is 9.73. The molecule has 1 aliphatic heterocycles. The zero-order chi connectivity index (χ0) is 30.6. The first-order chi connectivity index (χ1) is 22.7. The van der Waals surface area contributed by atoms with Gasteiger partial charge in [-0.1, -0.05) is 91.0 Å². The number of hydrogen-bond donors (Lipinski definition) is 0. The number of rotatable bonds is 3. The Bertz CT molecular complexity index is 2480. The van der Waals surface area contributed by atoms with E-state index in [0.29, 0.717) is 0 Å². The van der Waals surface area contributed by atoms with Crippen molar-refractivity contribution in [3.63, 3.8) is 0 Å². The largest absolute Gasteiger partial charge is 0.456 e. The first kappa shape index (κ1) is 26.6. The highest BCUT2D eigenvalue weighted by molar-refractivity contribution is 6.10. The fourth-order valence-corrected chi connectivity index (χ4v) is 7.21. The second-order valence-electron chi connectivity index (χ2n) is 12.2. The number of aromatic nitrogens is 1. The van der Waals surface area contributed by atoms with E-state index in [9.17, 15) is 0 Å². The maximum absolute atomic E-state index is 6.16. The number of allylic oxidation sites excluding steroid dienone is 3. The summed E-state index contributed by atoms with van der Waals surface area (Å²) in [5, 5.41) is 4.82. The molecule has 1 aliphatic rings. The highest BCUT2D eigenvalue weighted by atomic mass is 16.3. The van der Waals surface area contributed by atoms with E-state index in [4.69, 9.17) is 4.42 Å². The van der Waals surface area contributed by atoms with E-state index in [1.807, 2.05) is 12.1 Å². The van der Waals surface area contributed by atoms with Crippen LogP contribution in [0.2, 0.25) is 0 Å². The monoisotopic (exact) mass is 592 g/mol. The van der Waals surface area contributed by atoms with Gasteiger partial charge in [0.15, 0.2) is 0 Å². The predicted octanol–water partition coefficient (Wildman–Crippen LogP) is 11.5. The third kappa shape index (κ3) is 4.28. The minimum atomic E-state index is 0.156. The van der Waals surface area contributed by atoms with Crippen LogP contribution in [-0.4, -0.2) is 10.6 Å². The Morgan fingerprint density at radius 3 is 2.22 bits per heavy atom. The molecule has 3 heteroatoms. The van der Waals surface area contributed by atoms with Crippen LogP contribution in [0, 0.1) is 0 Å². The molecule has 0 spiro atoms. The van der Waals surface area contributed by atoms with Gasteiger partial charge in [0.2, 0.25) is 0 Å². The van der Waals surface area contributed by atoms with E-state index < -0.39 is 0 Å². The van der Waals surface area contributed by atoms with E-state index >= 15 is 0 Å². The fourth-order valence-electron chi connectivity index (χ4n) is 7.21. The maximum Gasteiger partial charge on any atom is 0.135 e. The van der Waals surface area contributed by atoms with Gasteiger partial charge >= 0.3 is 0 Å². The Kier molecular flexibility index (Phi) is 6.17. The molecule has 0 saturated carbocycles. The van der Waals surface area contributed by atoms with Crippen molar-refractivity contribution >= 4 is 55.1 Å². The summed E-state index contributed by atoms with van der Waals surface area (Å²) in [6, 6.07) is 48.3. The molecule has 0 amide bonds. The van der Waals surface area contributed by atoms with Crippen molar-refractivity contribution in [1.29, 1.82) is 0 Å². The molecule has 8 aromatic rings. The molecule has 46 heavy (non-hydrogen) atoms. The number of hydrogen-bond acceptors (Lipinski definition) is 2. The summed E-state index contributed by atoms with van der Waals surface area (Å²) in [7, 11) is 0. The zero-order valence-corrected chi connectivity index (χ0v) is 25.6. The maximum atomic E-state index is 6.16. The SMILES string of the molecule is CC1/C=C\C=C/Cc2cc(-c3ccc4c(c3)c3ccccc3n4-c3ccccc3)ccc2N1c1ccc2oc3ccccc3c2c1. The molecular weight excluding hydrogens is 560 g/mol. The second kappa shape index (κ2) is 10.7. The van der Waals surface area contributed by atoms with Crippen LogP contribution >= 0.6 is 0 Å². The molecule has 9 rings (SSSR count). The summed E-state index contributed by atoms with van der Waals surface area (Å²) in [5.41, 5.74) is 11.6. The summed E-state index contributed by atoms with van der Waals surface area (Å²) in [4.78, 5) is 2.46. The van der Waals surface area contributed by atoms with Crippen molar-refractivity contribution in [3.8, 4) is 16.8 Å². The molecule has 0 radical (unpaired) electrons. The van der Waals surface area contributed by atoms with E-state index in [2.05, 4.69) is 162 Å². The van der Waals surface area contributed by atoms with Crippen molar-refractivity contribution in [2.24, 2.45) is 0 Å². The van der Waals surface area contributed by atoms with Gasteiger partial charge < -0.3 is 13.9 Å². The third-order valence-electron chi connectivity index (χ3n) is 9.38. The van der Waals surface area contributed by atoms with Crippen molar-refractivity contribution in [2.45, 2.75) is 19.4 Å².